The first kappa shape index (κ1) is 13.1. The third-order valence-corrected chi connectivity index (χ3v) is 4.25. The van der Waals surface area contributed by atoms with Crippen LogP contribution in [0.5, 0.6) is 0 Å². The molecule has 2 saturated carbocycles. The fraction of sp³-hybridized carbons (Fsp3) is 1.00. The fourth-order valence-electron chi connectivity index (χ4n) is 3.13. The molecule has 2 aliphatic rings. The molecular formula is C12H21F3N2. The quantitative estimate of drug-likeness (QED) is 0.594. The summed E-state index contributed by atoms with van der Waals surface area (Å²) in [6.45, 7) is 0. The van der Waals surface area contributed by atoms with Crippen LogP contribution in [0.25, 0.3) is 0 Å². The van der Waals surface area contributed by atoms with Crippen LogP contribution in [0.15, 0.2) is 0 Å². The molecule has 3 atom stereocenters. The Bertz CT molecular complexity index is 251. The predicted octanol–water partition coefficient (Wildman–Crippen LogP) is 2.99. The molecule has 5 heteroatoms. The smallest absolute Gasteiger partial charge is 0.271 e. The highest BCUT2D eigenvalue weighted by Gasteiger charge is 2.48. The second kappa shape index (κ2) is 5.14. The Morgan fingerprint density at radius 1 is 1.12 bits per heavy atom. The standard InChI is InChI=1S/C12H21F3N2/c13-12(14,15)10-4-2-1-3-9(10)11(17-16)7-8-5-6-8/h8-11,17H,1-7,16H2. The van der Waals surface area contributed by atoms with Gasteiger partial charge >= 0.3 is 6.18 Å². The van der Waals surface area contributed by atoms with E-state index in [1.807, 2.05) is 0 Å². The van der Waals surface area contributed by atoms with Gasteiger partial charge in [-0.15, -0.1) is 0 Å². The van der Waals surface area contributed by atoms with Crippen molar-refractivity contribution >= 4 is 0 Å². The van der Waals surface area contributed by atoms with Crippen molar-refractivity contribution in [2.75, 3.05) is 0 Å². The van der Waals surface area contributed by atoms with Gasteiger partial charge in [0.1, 0.15) is 0 Å². The molecule has 2 fully saturated rings. The first-order chi connectivity index (χ1) is 8.02. The summed E-state index contributed by atoms with van der Waals surface area (Å²) in [6, 6.07) is -0.158. The van der Waals surface area contributed by atoms with E-state index in [0.717, 1.165) is 25.7 Å². The van der Waals surface area contributed by atoms with E-state index in [1.165, 1.54) is 0 Å². The van der Waals surface area contributed by atoms with Gasteiger partial charge in [-0.05, 0) is 31.1 Å². The summed E-state index contributed by atoms with van der Waals surface area (Å²) >= 11 is 0. The number of alkyl halides is 3. The lowest BCUT2D eigenvalue weighted by Gasteiger charge is -2.38. The molecule has 17 heavy (non-hydrogen) atoms. The van der Waals surface area contributed by atoms with Gasteiger partial charge in [0, 0.05) is 6.04 Å². The Morgan fingerprint density at radius 3 is 2.29 bits per heavy atom. The second-order valence-electron chi connectivity index (χ2n) is 5.55. The lowest BCUT2D eigenvalue weighted by molar-refractivity contribution is -0.199. The van der Waals surface area contributed by atoms with Crippen LogP contribution in [0.4, 0.5) is 13.2 Å². The van der Waals surface area contributed by atoms with E-state index in [1.54, 1.807) is 0 Å². The summed E-state index contributed by atoms with van der Waals surface area (Å²) in [6.07, 6.45) is 1.59. The molecule has 0 saturated heterocycles. The molecule has 3 unspecified atom stereocenters. The largest absolute Gasteiger partial charge is 0.392 e. The molecule has 0 amide bonds. The minimum atomic E-state index is -4.07. The number of halogens is 3. The van der Waals surface area contributed by atoms with Crippen molar-refractivity contribution < 1.29 is 13.2 Å². The van der Waals surface area contributed by atoms with E-state index in [4.69, 9.17) is 5.84 Å². The molecule has 2 aliphatic carbocycles. The molecule has 0 aromatic rings. The van der Waals surface area contributed by atoms with Gasteiger partial charge in [-0.2, -0.15) is 13.2 Å². The monoisotopic (exact) mass is 250 g/mol. The topological polar surface area (TPSA) is 38.0 Å². The zero-order valence-corrected chi connectivity index (χ0v) is 9.97. The molecular weight excluding hydrogens is 229 g/mol. The molecule has 2 rings (SSSR count). The zero-order valence-electron chi connectivity index (χ0n) is 9.97. The maximum Gasteiger partial charge on any atom is 0.392 e. The molecule has 0 spiro atoms. The first-order valence-corrected chi connectivity index (χ1v) is 6.55. The van der Waals surface area contributed by atoms with Crippen LogP contribution in [0.2, 0.25) is 0 Å². The molecule has 0 heterocycles. The van der Waals surface area contributed by atoms with Crippen molar-refractivity contribution in [1.82, 2.24) is 5.43 Å². The van der Waals surface area contributed by atoms with Crippen LogP contribution < -0.4 is 11.3 Å². The Hall–Kier alpha value is -0.290. The third-order valence-electron chi connectivity index (χ3n) is 4.25. The van der Waals surface area contributed by atoms with Crippen LogP contribution in [-0.2, 0) is 0 Å². The molecule has 3 N–H and O–H groups in total. The van der Waals surface area contributed by atoms with Gasteiger partial charge in [-0.25, -0.2) is 0 Å². The minimum absolute atomic E-state index is 0.158. The number of hydrazine groups is 1. The van der Waals surface area contributed by atoms with Crippen LogP contribution >= 0.6 is 0 Å². The summed E-state index contributed by atoms with van der Waals surface area (Å²) in [4.78, 5) is 0. The van der Waals surface area contributed by atoms with Gasteiger partial charge in [0.2, 0.25) is 0 Å². The van der Waals surface area contributed by atoms with Crippen LogP contribution in [0.3, 0.4) is 0 Å². The lowest BCUT2D eigenvalue weighted by Crippen LogP contribution is -2.48. The van der Waals surface area contributed by atoms with E-state index in [-0.39, 0.29) is 18.4 Å². The SMILES string of the molecule is NNC(CC1CC1)C1CCCCC1C(F)(F)F. The van der Waals surface area contributed by atoms with Crippen molar-refractivity contribution in [1.29, 1.82) is 0 Å². The van der Waals surface area contributed by atoms with E-state index in [0.29, 0.717) is 18.8 Å². The maximum atomic E-state index is 13.0. The summed E-state index contributed by atoms with van der Waals surface area (Å²) in [7, 11) is 0. The lowest BCUT2D eigenvalue weighted by atomic mass is 9.73. The average molecular weight is 250 g/mol. The van der Waals surface area contributed by atoms with Gasteiger partial charge in [0.15, 0.2) is 0 Å². The molecule has 0 radical (unpaired) electrons. The van der Waals surface area contributed by atoms with Gasteiger partial charge in [-0.3, -0.25) is 11.3 Å². The highest BCUT2D eigenvalue weighted by molar-refractivity contribution is 4.90. The summed E-state index contributed by atoms with van der Waals surface area (Å²) in [5, 5.41) is 0. The van der Waals surface area contributed by atoms with Gasteiger partial charge in [-0.1, -0.05) is 25.7 Å². The fourth-order valence-corrected chi connectivity index (χ4v) is 3.13. The molecule has 0 aromatic heterocycles. The molecule has 2 nitrogen and oxygen atoms in total. The van der Waals surface area contributed by atoms with Gasteiger partial charge in [0.25, 0.3) is 0 Å². The molecule has 100 valence electrons. The minimum Gasteiger partial charge on any atom is -0.271 e. The van der Waals surface area contributed by atoms with Crippen molar-refractivity contribution in [3.8, 4) is 0 Å². The van der Waals surface area contributed by atoms with Gasteiger partial charge < -0.3 is 0 Å². The Morgan fingerprint density at radius 2 is 1.76 bits per heavy atom. The zero-order chi connectivity index (χ0) is 12.5. The van der Waals surface area contributed by atoms with Crippen molar-refractivity contribution in [2.24, 2.45) is 23.6 Å². The van der Waals surface area contributed by atoms with Crippen molar-refractivity contribution in [2.45, 2.75) is 57.2 Å². The summed E-state index contributed by atoms with van der Waals surface area (Å²) in [5.41, 5.74) is 2.65. The maximum absolute atomic E-state index is 13.0. The van der Waals surface area contributed by atoms with E-state index < -0.39 is 12.1 Å². The van der Waals surface area contributed by atoms with Crippen LogP contribution in [0, 0.1) is 17.8 Å². The Balaban J connectivity index is 2.02. The van der Waals surface area contributed by atoms with Crippen molar-refractivity contribution in [3.05, 3.63) is 0 Å². The number of nitrogens with one attached hydrogen (secondary N) is 1. The number of hydrogen-bond donors (Lipinski definition) is 2. The Labute approximate surface area is 100 Å². The first-order valence-electron chi connectivity index (χ1n) is 6.55. The van der Waals surface area contributed by atoms with Gasteiger partial charge in [0.05, 0.1) is 5.92 Å². The summed E-state index contributed by atoms with van der Waals surface area (Å²) < 4.78 is 38.9. The van der Waals surface area contributed by atoms with E-state index >= 15 is 0 Å². The molecule has 0 aliphatic heterocycles. The van der Waals surface area contributed by atoms with E-state index in [9.17, 15) is 13.2 Å². The van der Waals surface area contributed by atoms with Crippen molar-refractivity contribution in [3.63, 3.8) is 0 Å². The number of nitrogens with two attached hydrogens (primary N) is 1. The summed E-state index contributed by atoms with van der Waals surface area (Å²) in [5.74, 6) is 4.59. The third kappa shape index (κ3) is 3.35. The predicted molar refractivity (Wildman–Crippen MR) is 60.0 cm³/mol. The molecule has 0 aromatic carbocycles. The van der Waals surface area contributed by atoms with E-state index in [2.05, 4.69) is 5.43 Å². The highest BCUT2D eigenvalue weighted by atomic mass is 19.4. The number of rotatable bonds is 4. The average Bonchev–Trinajstić information content (AvgIpc) is 3.08. The molecule has 0 bridgehead atoms. The number of hydrogen-bond acceptors (Lipinski definition) is 2. The normalized spacial score (nSPS) is 32.5. The van der Waals surface area contributed by atoms with Crippen LogP contribution in [-0.4, -0.2) is 12.2 Å². The Kier molecular flexibility index (Phi) is 3.98. The van der Waals surface area contributed by atoms with Crippen LogP contribution in [0.1, 0.15) is 44.9 Å². The highest BCUT2D eigenvalue weighted by Crippen LogP contribution is 2.45. The second-order valence-corrected chi connectivity index (χ2v) is 5.55.